The summed E-state index contributed by atoms with van der Waals surface area (Å²) in [7, 11) is -3.61. The zero-order valence-corrected chi connectivity index (χ0v) is 18.8. The number of hydrogen-bond donors (Lipinski definition) is 1. The molecule has 1 aromatic heterocycles. The van der Waals surface area contributed by atoms with Gasteiger partial charge in [0.25, 0.3) is 0 Å². The van der Waals surface area contributed by atoms with Crippen molar-refractivity contribution in [1.82, 2.24) is 9.73 Å². The van der Waals surface area contributed by atoms with Gasteiger partial charge in [-0.15, -0.1) is 11.3 Å². The summed E-state index contributed by atoms with van der Waals surface area (Å²) in [4.78, 5) is 7.02. The van der Waals surface area contributed by atoms with Gasteiger partial charge in [-0.25, -0.2) is 13.4 Å². The highest BCUT2D eigenvalue weighted by Crippen LogP contribution is 2.31. The molecule has 1 fully saturated rings. The molecule has 0 atom stereocenters. The van der Waals surface area contributed by atoms with E-state index >= 15 is 0 Å². The van der Waals surface area contributed by atoms with Crippen molar-refractivity contribution in [3.63, 3.8) is 0 Å². The highest BCUT2D eigenvalue weighted by atomic mass is 35.5. The number of thioether (sulfide) groups is 1. The van der Waals surface area contributed by atoms with Crippen molar-refractivity contribution < 1.29 is 13.2 Å². The van der Waals surface area contributed by atoms with Crippen molar-refractivity contribution in [3.05, 3.63) is 45.1 Å². The molecule has 2 aliphatic heterocycles. The van der Waals surface area contributed by atoms with E-state index in [4.69, 9.17) is 16.3 Å². The number of halogens is 1. The van der Waals surface area contributed by atoms with Gasteiger partial charge in [-0.05, 0) is 37.3 Å². The molecule has 0 bridgehead atoms. The molecule has 11 heteroatoms. The van der Waals surface area contributed by atoms with Crippen molar-refractivity contribution in [3.8, 4) is 0 Å². The third-order valence-corrected chi connectivity index (χ3v) is 8.54. The van der Waals surface area contributed by atoms with E-state index in [-0.39, 0.29) is 4.90 Å². The second kappa shape index (κ2) is 8.75. The first-order valence-electron chi connectivity index (χ1n) is 8.92. The number of sulfonamides is 1. The van der Waals surface area contributed by atoms with Crippen LogP contribution < -0.4 is 5.43 Å². The van der Waals surface area contributed by atoms with Gasteiger partial charge in [0, 0.05) is 23.7 Å². The third-order valence-electron chi connectivity index (χ3n) is 4.40. The summed E-state index contributed by atoms with van der Waals surface area (Å²) in [5, 5.41) is 5.36. The molecule has 3 heterocycles. The summed E-state index contributed by atoms with van der Waals surface area (Å²) in [6, 6.07) is 8.69. The van der Waals surface area contributed by atoms with Gasteiger partial charge in [0.15, 0.2) is 5.17 Å². The Morgan fingerprint density at radius 2 is 2.03 bits per heavy atom. The lowest BCUT2D eigenvalue weighted by molar-refractivity contribution is 0.0730. The number of thiophene rings is 1. The second-order valence-corrected chi connectivity index (χ2v) is 11.0. The summed E-state index contributed by atoms with van der Waals surface area (Å²) in [5.41, 5.74) is 4.30. The van der Waals surface area contributed by atoms with E-state index in [1.54, 1.807) is 17.4 Å². The van der Waals surface area contributed by atoms with Crippen molar-refractivity contribution in [2.24, 2.45) is 10.1 Å². The van der Waals surface area contributed by atoms with Gasteiger partial charge in [0.05, 0.1) is 39.4 Å². The molecular weight excluding hydrogens is 452 g/mol. The molecule has 4 rings (SSSR count). The van der Waals surface area contributed by atoms with Crippen molar-refractivity contribution in [1.29, 1.82) is 0 Å². The molecule has 1 saturated heterocycles. The molecule has 0 spiro atoms. The molecule has 1 N–H and O–H groups in total. The molecule has 1 aromatic carbocycles. The molecule has 2 aliphatic rings. The predicted octanol–water partition coefficient (Wildman–Crippen LogP) is 3.46. The Bertz CT molecular complexity index is 1080. The summed E-state index contributed by atoms with van der Waals surface area (Å²) < 4.78 is 32.4. The maximum Gasteiger partial charge on any atom is 0.243 e. The van der Waals surface area contributed by atoms with Gasteiger partial charge in [0.2, 0.25) is 10.0 Å². The van der Waals surface area contributed by atoms with E-state index in [0.29, 0.717) is 47.9 Å². The second-order valence-electron chi connectivity index (χ2n) is 6.42. The van der Waals surface area contributed by atoms with E-state index in [2.05, 4.69) is 34.6 Å². The number of benzene rings is 1. The number of nitrogens with zero attached hydrogens (tertiary/aromatic N) is 3. The van der Waals surface area contributed by atoms with Crippen LogP contribution in [0.3, 0.4) is 0 Å². The number of ether oxygens (including phenoxy) is 1. The van der Waals surface area contributed by atoms with Crippen LogP contribution in [0, 0.1) is 6.92 Å². The smallest absolute Gasteiger partial charge is 0.243 e. The lowest BCUT2D eigenvalue weighted by atomic mass is 10.3. The Balaban J connectivity index is 1.56. The van der Waals surface area contributed by atoms with E-state index in [1.807, 2.05) is 0 Å². The minimum Gasteiger partial charge on any atom is -0.379 e. The van der Waals surface area contributed by atoms with Gasteiger partial charge < -0.3 is 4.74 Å². The average Bonchev–Trinajstić information content (AvgIpc) is 3.17. The molecule has 0 radical (unpaired) electrons. The SMILES string of the molecule is Cc1ccc(C2=NNC(=Nc3cc(S(=O)(=O)N4CCOCC4)ccc3Cl)SC2)s1. The predicted molar refractivity (Wildman–Crippen MR) is 119 cm³/mol. The zero-order chi connectivity index (χ0) is 20.4. The first-order chi connectivity index (χ1) is 13.9. The van der Waals surface area contributed by atoms with Crippen LogP contribution in [0.4, 0.5) is 5.69 Å². The van der Waals surface area contributed by atoms with E-state index in [1.165, 1.54) is 33.1 Å². The fourth-order valence-electron chi connectivity index (χ4n) is 2.87. The minimum atomic E-state index is -3.61. The summed E-state index contributed by atoms with van der Waals surface area (Å²) in [6.07, 6.45) is 0. The van der Waals surface area contributed by atoms with Crippen LogP contribution in [-0.2, 0) is 14.8 Å². The standard InChI is InChI=1S/C18H19ClN4O3S3/c1-12-2-5-17(28-12)16-11-27-18(22-21-16)20-15-10-13(3-4-14(15)19)29(24,25)23-6-8-26-9-7-23/h2-5,10H,6-9,11H2,1H3,(H,20,22). The summed E-state index contributed by atoms with van der Waals surface area (Å²) >= 11 is 9.47. The molecule has 154 valence electrons. The Morgan fingerprint density at radius 3 is 2.69 bits per heavy atom. The van der Waals surface area contributed by atoms with Gasteiger partial charge in [-0.3, -0.25) is 5.43 Å². The minimum absolute atomic E-state index is 0.169. The van der Waals surface area contributed by atoms with Crippen molar-refractivity contribution >= 4 is 61.3 Å². The van der Waals surface area contributed by atoms with E-state index in [9.17, 15) is 8.42 Å². The first-order valence-corrected chi connectivity index (χ1v) is 12.5. The number of hydrogen-bond acceptors (Lipinski definition) is 7. The molecule has 0 aliphatic carbocycles. The van der Waals surface area contributed by atoms with Crippen LogP contribution in [-0.4, -0.2) is 55.7 Å². The Labute approximate surface area is 182 Å². The first kappa shape index (κ1) is 20.8. The van der Waals surface area contributed by atoms with Gasteiger partial charge >= 0.3 is 0 Å². The molecule has 2 aromatic rings. The quantitative estimate of drug-likeness (QED) is 0.739. The third kappa shape index (κ3) is 4.68. The largest absolute Gasteiger partial charge is 0.379 e. The summed E-state index contributed by atoms with van der Waals surface area (Å²) in [6.45, 7) is 3.53. The topological polar surface area (TPSA) is 83.4 Å². The highest BCUT2D eigenvalue weighted by Gasteiger charge is 2.27. The number of aliphatic imine (C=N–C) groups is 1. The number of morpholine rings is 1. The number of aryl methyl sites for hydroxylation is 1. The van der Waals surface area contributed by atoms with Gasteiger partial charge in [0.1, 0.15) is 0 Å². The number of hydrazone groups is 1. The molecule has 0 saturated carbocycles. The van der Waals surface area contributed by atoms with Crippen molar-refractivity contribution in [2.75, 3.05) is 32.1 Å². The maximum absolute atomic E-state index is 12.9. The lowest BCUT2D eigenvalue weighted by Crippen LogP contribution is -2.40. The summed E-state index contributed by atoms with van der Waals surface area (Å²) in [5.74, 6) is 0.676. The normalized spacial score (nSPS) is 19.8. The van der Waals surface area contributed by atoms with Crippen LogP contribution in [0.25, 0.3) is 0 Å². The average molecular weight is 471 g/mol. The van der Waals surface area contributed by atoms with E-state index in [0.717, 1.165) is 10.6 Å². The number of nitrogens with one attached hydrogen (secondary N) is 1. The van der Waals surface area contributed by atoms with E-state index < -0.39 is 10.0 Å². The van der Waals surface area contributed by atoms with Crippen molar-refractivity contribution in [2.45, 2.75) is 11.8 Å². The molecular formula is C18H19ClN4O3S3. The molecule has 0 unspecified atom stereocenters. The zero-order valence-electron chi connectivity index (χ0n) is 15.6. The lowest BCUT2D eigenvalue weighted by Gasteiger charge is -2.26. The number of rotatable bonds is 4. The molecule has 7 nitrogen and oxygen atoms in total. The maximum atomic E-state index is 12.9. The Hall–Kier alpha value is -1.43. The molecule has 29 heavy (non-hydrogen) atoms. The van der Waals surface area contributed by atoms with Crippen LogP contribution in [0.5, 0.6) is 0 Å². The Morgan fingerprint density at radius 1 is 1.24 bits per heavy atom. The monoisotopic (exact) mass is 470 g/mol. The van der Waals surface area contributed by atoms with Gasteiger partial charge in [-0.1, -0.05) is 23.4 Å². The Kier molecular flexibility index (Phi) is 6.28. The molecule has 0 amide bonds. The fourth-order valence-corrected chi connectivity index (χ4v) is 6.17. The fraction of sp³-hybridized carbons (Fsp3) is 0.333. The van der Waals surface area contributed by atoms with Crippen LogP contribution in [0.1, 0.15) is 9.75 Å². The van der Waals surface area contributed by atoms with Gasteiger partial charge in [-0.2, -0.15) is 9.41 Å². The number of amidine groups is 1. The highest BCUT2D eigenvalue weighted by molar-refractivity contribution is 8.14. The van der Waals surface area contributed by atoms with Crippen LogP contribution in [0.2, 0.25) is 5.02 Å². The van der Waals surface area contributed by atoms with Crippen LogP contribution in [0.15, 0.2) is 45.3 Å². The van der Waals surface area contributed by atoms with Crippen LogP contribution >= 0.6 is 34.7 Å².